The Morgan fingerprint density at radius 3 is 2.25 bits per heavy atom. The minimum atomic E-state index is 0.292. The summed E-state index contributed by atoms with van der Waals surface area (Å²) in [6.45, 7) is 11.7. The Bertz CT molecular complexity index is 366. The summed E-state index contributed by atoms with van der Waals surface area (Å²) in [5.41, 5.74) is 0.606. The number of carbonyl (C=O) groups excluding carboxylic acids is 1. The molecular formula is C18H31ClO. The van der Waals surface area contributed by atoms with E-state index in [-0.39, 0.29) is 0 Å². The molecule has 2 aliphatic rings. The fourth-order valence-corrected chi connectivity index (χ4v) is 5.27. The summed E-state index contributed by atoms with van der Waals surface area (Å²) in [5, 5.41) is 0.334. The van der Waals surface area contributed by atoms with E-state index in [9.17, 15) is 4.79 Å². The molecule has 0 heterocycles. The molecule has 0 saturated heterocycles. The second-order valence-electron chi connectivity index (χ2n) is 9.00. The molecule has 2 heteroatoms. The predicted octanol–water partition coefficient (Wildman–Crippen LogP) is 5.45. The van der Waals surface area contributed by atoms with Gasteiger partial charge in [-0.1, -0.05) is 34.6 Å². The first-order chi connectivity index (χ1) is 9.09. The molecule has 0 aromatic carbocycles. The number of hydrogen-bond acceptors (Lipinski definition) is 1. The average molecular weight is 299 g/mol. The molecule has 2 fully saturated rings. The number of alkyl halides is 1. The molecule has 0 aliphatic heterocycles. The van der Waals surface area contributed by atoms with Crippen LogP contribution in [0.15, 0.2) is 0 Å². The van der Waals surface area contributed by atoms with Crippen LogP contribution in [-0.2, 0) is 4.79 Å². The minimum absolute atomic E-state index is 0.292. The average Bonchev–Trinajstić information content (AvgIpc) is 2.84. The highest BCUT2D eigenvalue weighted by Crippen LogP contribution is 2.50. The maximum Gasteiger partial charge on any atom is 0.133 e. The standard InChI is InChI=1S/C18H31ClO/c1-17(2,3)15-8-12(9-16(15)19)11-18(4,5)13-6-7-14(20)10-13/h12-13,15-16H,6-11H2,1-5H3. The summed E-state index contributed by atoms with van der Waals surface area (Å²) in [5.74, 6) is 2.44. The van der Waals surface area contributed by atoms with Crippen molar-refractivity contribution in [1.82, 2.24) is 0 Å². The fraction of sp³-hybridized carbons (Fsp3) is 0.944. The summed E-state index contributed by atoms with van der Waals surface area (Å²) in [6, 6.07) is 0. The second-order valence-corrected chi connectivity index (χ2v) is 9.56. The lowest BCUT2D eigenvalue weighted by atomic mass is 9.71. The molecule has 2 aliphatic carbocycles. The molecule has 0 spiro atoms. The zero-order chi connectivity index (χ0) is 15.1. The Morgan fingerprint density at radius 2 is 1.80 bits per heavy atom. The van der Waals surface area contributed by atoms with Gasteiger partial charge in [0.2, 0.25) is 0 Å². The molecule has 0 aromatic rings. The van der Waals surface area contributed by atoms with E-state index >= 15 is 0 Å². The van der Waals surface area contributed by atoms with Crippen molar-refractivity contribution in [2.24, 2.45) is 28.6 Å². The van der Waals surface area contributed by atoms with Gasteiger partial charge >= 0.3 is 0 Å². The smallest absolute Gasteiger partial charge is 0.133 e. The van der Waals surface area contributed by atoms with E-state index in [0.29, 0.717) is 33.8 Å². The van der Waals surface area contributed by atoms with Crippen molar-refractivity contribution in [3.05, 3.63) is 0 Å². The number of rotatable bonds is 3. The van der Waals surface area contributed by atoms with Crippen LogP contribution in [0.2, 0.25) is 0 Å². The van der Waals surface area contributed by atoms with Gasteiger partial charge in [-0.2, -0.15) is 0 Å². The van der Waals surface area contributed by atoms with Gasteiger partial charge in [-0.25, -0.2) is 0 Å². The van der Waals surface area contributed by atoms with E-state index in [2.05, 4.69) is 34.6 Å². The van der Waals surface area contributed by atoms with E-state index in [1.165, 1.54) is 12.8 Å². The number of carbonyl (C=O) groups is 1. The molecule has 0 N–H and O–H groups in total. The van der Waals surface area contributed by atoms with Gasteiger partial charge in [0, 0.05) is 18.2 Å². The summed E-state index contributed by atoms with van der Waals surface area (Å²) < 4.78 is 0. The molecule has 0 amide bonds. The van der Waals surface area contributed by atoms with Crippen LogP contribution in [0, 0.1) is 28.6 Å². The molecule has 116 valence electrons. The maximum atomic E-state index is 11.6. The van der Waals surface area contributed by atoms with E-state index in [1.54, 1.807) is 0 Å². The topological polar surface area (TPSA) is 17.1 Å². The molecule has 4 atom stereocenters. The summed E-state index contributed by atoms with van der Waals surface area (Å²) in [6.07, 6.45) is 6.38. The molecule has 0 bridgehead atoms. The van der Waals surface area contributed by atoms with E-state index in [0.717, 1.165) is 31.6 Å². The first-order valence-electron chi connectivity index (χ1n) is 8.25. The number of hydrogen-bond donors (Lipinski definition) is 0. The fourth-order valence-electron chi connectivity index (χ4n) is 4.54. The van der Waals surface area contributed by atoms with E-state index < -0.39 is 0 Å². The lowest BCUT2D eigenvalue weighted by molar-refractivity contribution is -0.117. The van der Waals surface area contributed by atoms with Crippen LogP contribution in [-0.4, -0.2) is 11.2 Å². The summed E-state index contributed by atoms with van der Waals surface area (Å²) in [4.78, 5) is 11.6. The van der Waals surface area contributed by atoms with E-state index in [4.69, 9.17) is 11.6 Å². The Labute approximate surface area is 129 Å². The summed E-state index contributed by atoms with van der Waals surface area (Å²) in [7, 11) is 0. The van der Waals surface area contributed by atoms with Crippen LogP contribution in [0.1, 0.15) is 73.1 Å². The van der Waals surface area contributed by atoms with Crippen molar-refractivity contribution in [2.45, 2.75) is 78.5 Å². The third-order valence-electron chi connectivity index (χ3n) is 5.86. The number of Topliss-reactive ketones (excluding diaryl/α,β-unsaturated/α-hetero) is 1. The first-order valence-corrected chi connectivity index (χ1v) is 8.69. The molecule has 20 heavy (non-hydrogen) atoms. The van der Waals surface area contributed by atoms with Gasteiger partial charge in [0.05, 0.1) is 0 Å². The van der Waals surface area contributed by atoms with Crippen LogP contribution in [0.3, 0.4) is 0 Å². The van der Waals surface area contributed by atoms with Crippen molar-refractivity contribution in [3.63, 3.8) is 0 Å². The highest BCUT2D eigenvalue weighted by atomic mass is 35.5. The summed E-state index contributed by atoms with van der Waals surface area (Å²) >= 11 is 6.62. The zero-order valence-electron chi connectivity index (χ0n) is 13.8. The largest absolute Gasteiger partial charge is 0.300 e. The monoisotopic (exact) mass is 298 g/mol. The predicted molar refractivity (Wildman–Crippen MR) is 86.1 cm³/mol. The van der Waals surface area contributed by atoms with Gasteiger partial charge in [-0.05, 0) is 54.3 Å². The highest BCUT2D eigenvalue weighted by Gasteiger charge is 2.43. The third kappa shape index (κ3) is 3.59. The number of halogens is 1. The van der Waals surface area contributed by atoms with Crippen LogP contribution in [0.25, 0.3) is 0 Å². The molecule has 1 nitrogen and oxygen atoms in total. The quantitative estimate of drug-likeness (QED) is 0.633. The van der Waals surface area contributed by atoms with Crippen LogP contribution < -0.4 is 0 Å². The van der Waals surface area contributed by atoms with Gasteiger partial charge in [-0.3, -0.25) is 4.79 Å². The first kappa shape index (κ1) is 16.3. The maximum absolute atomic E-state index is 11.6. The normalized spacial score (nSPS) is 35.8. The highest BCUT2D eigenvalue weighted by molar-refractivity contribution is 6.21. The zero-order valence-corrected chi connectivity index (χ0v) is 14.6. The Balaban J connectivity index is 1.95. The van der Waals surface area contributed by atoms with Gasteiger partial charge < -0.3 is 0 Å². The van der Waals surface area contributed by atoms with Gasteiger partial charge in [0.25, 0.3) is 0 Å². The lowest BCUT2D eigenvalue weighted by Crippen LogP contribution is -2.26. The Hall–Kier alpha value is -0.0400. The van der Waals surface area contributed by atoms with Gasteiger partial charge in [0.15, 0.2) is 0 Å². The van der Waals surface area contributed by atoms with Crippen LogP contribution in [0.4, 0.5) is 0 Å². The SMILES string of the molecule is CC(C)(C)C1CC(CC(C)(C)C2CCC(=O)C2)CC1Cl. The van der Waals surface area contributed by atoms with Gasteiger partial charge in [-0.15, -0.1) is 11.6 Å². The number of ketones is 1. The van der Waals surface area contributed by atoms with Crippen molar-refractivity contribution >= 4 is 17.4 Å². The lowest BCUT2D eigenvalue weighted by Gasteiger charge is -2.34. The molecule has 4 unspecified atom stereocenters. The molecule has 2 rings (SSSR count). The molecule has 0 aromatic heterocycles. The second kappa shape index (κ2) is 5.63. The van der Waals surface area contributed by atoms with Crippen molar-refractivity contribution < 1.29 is 4.79 Å². The van der Waals surface area contributed by atoms with Crippen LogP contribution >= 0.6 is 11.6 Å². The van der Waals surface area contributed by atoms with Crippen molar-refractivity contribution in [2.75, 3.05) is 0 Å². The minimum Gasteiger partial charge on any atom is -0.300 e. The Kier molecular flexibility index (Phi) is 4.60. The Morgan fingerprint density at radius 1 is 1.15 bits per heavy atom. The van der Waals surface area contributed by atoms with Gasteiger partial charge in [0.1, 0.15) is 5.78 Å². The van der Waals surface area contributed by atoms with E-state index in [1.807, 2.05) is 0 Å². The van der Waals surface area contributed by atoms with Crippen LogP contribution in [0.5, 0.6) is 0 Å². The van der Waals surface area contributed by atoms with Crippen molar-refractivity contribution in [3.8, 4) is 0 Å². The molecular weight excluding hydrogens is 268 g/mol. The third-order valence-corrected chi connectivity index (χ3v) is 6.34. The van der Waals surface area contributed by atoms with Crippen molar-refractivity contribution in [1.29, 1.82) is 0 Å². The molecule has 2 saturated carbocycles. The molecule has 0 radical (unpaired) electrons.